The van der Waals surface area contributed by atoms with Crippen LogP contribution in [0.4, 0.5) is 0 Å². The summed E-state index contributed by atoms with van der Waals surface area (Å²) in [6.07, 6.45) is 0.993. The summed E-state index contributed by atoms with van der Waals surface area (Å²) in [5, 5.41) is 9.52. The molecule has 0 unspecified atom stereocenters. The van der Waals surface area contributed by atoms with Crippen LogP contribution in [-0.4, -0.2) is 16.6 Å². The zero-order valence-electron chi connectivity index (χ0n) is 6.95. The van der Waals surface area contributed by atoms with Crippen molar-refractivity contribution in [3.63, 3.8) is 0 Å². The van der Waals surface area contributed by atoms with Crippen molar-refractivity contribution in [2.24, 2.45) is 0 Å². The summed E-state index contributed by atoms with van der Waals surface area (Å²) in [4.78, 5) is 1.97. The number of phenolic OH excluding ortho intramolecular Hbond substituents is 1. The van der Waals surface area contributed by atoms with Crippen molar-refractivity contribution in [3.8, 4) is 5.75 Å². The van der Waals surface area contributed by atoms with Gasteiger partial charge in [0.1, 0.15) is 5.75 Å². The van der Waals surface area contributed by atoms with Crippen LogP contribution in [0.2, 0.25) is 0 Å². The quantitative estimate of drug-likeness (QED) is 0.585. The first-order chi connectivity index (χ1) is 5.77. The van der Waals surface area contributed by atoms with Crippen molar-refractivity contribution in [3.05, 3.63) is 36.4 Å². The molecule has 2 nitrogen and oxygen atoms in total. The summed E-state index contributed by atoms with van der Waals surface area (Å²) in [5.41, 5.74) is 2.30. The standard InChI is InChI=1S/C10H12NO/c1-11-6-5-8-3-2-4-10(12)9(8)7-11/h2-4,12H,1,5-7H2/q-1. The lowest BCUT2D eigenvalue weighted by Crippen LogP contribution is -2.24. The summed E-state index contributed by atoms with van der Waals surface area (Å²) in [6, 6.07) is 5.70. The Balaban J connectivity index is 2.43. The fourth-order valence-corrected chi connectivity index (χ4v) is 1.62. The van der Waals surface area contributed by atoms with E-state index in [9.17, 15) is 5.11 Å². The molecule has 0 aliphatic carbocycles. The van der Waals surface area contributed by atoms with E-state index in [4.69, 9.17) is 0 Å². The van der Waals surface area contributed by atoms with Gasteiger partial charge in [0.25, 0.3) is 0 Å². The molecule has 0 aromatic heterocycles. The summed E-state index contributed by atoms with van der Waals surface area (Å²) < 4.78 is 0. The lowest BCUT2D eigenvalue weighted by atomic mass is 9.99. The van der Waals surface area contributed by atoms with E-state index in [1.165, 1.54) is 5.56 Å². The van der Waals surface area contributed by atoms with E-state index in [2.05, 4.69) is 13.1 Å². The second-order valence-electron chi connectivity index (χ2n) is 3.22. The second kappa shape index (κ2) is 2.79. The van der Waals surface area contributed by atoms with Crippen LogP contribution in [0.15, 0.2) is 18.2 Å². The van der Waals surface area contributed by atoms with Crippen LogP contribution in [-0.2, 0) is 13.0 Å². The van der Waals surface area contributed by atoms with Gasteiger partial charge in [-0.2, -0.15) is 0 Å². The average molecular weight is 162 g/mol. The summed E-state index contributed by atoms with van der Waals surface area (Å²) in [6.45, 7) is 1.75. The molecule has 0 atom stereocenters. The first kappa shape index (κ1) is 7.62. The largest absolute Gasteiger partial charge is 0.508 e. The average Bonchev–Trinajstić information content (AvgIpc) is 2.07. The number of benzene rings is 1. The summed E-state index contributed by atoms with van der Waals surface area (Å²) in [5.74, 6) is 0.404. The normalized spacial score (nSPS) is 17.4. The zero-order valence-corrected chi connectivity index (χ0v) is 6.95. The van der Waals surface area contributed by atoms with Crippen LogP contribution in [0, 0.1) is 7.05 Å². The number of hydrogen-bond acceptors (Lipinski definition) is 2. The van der Waals surface area contributed by atoms with Crippen molar-refractivity contribution in [1.82, 2.24) is 4.90 Å². The third-order valence-electron chi connectivity index (χ3n) is 2.33. The zero-order chi connectivity index (χ0) is 8.55. The molecule has 0 saturated carbocycles. The number of rotatable bonds is 0. The number of nitrogens with zero attached hydrogens (tertiary/aromatic N) is 1. The Morgan fingerprint density at radius 1 is 1.42 bits per heavy atom. The first-order valence-corrected chi connectivity index (χ1v) is 4.12. The van der Waals surface area contributed by atoms with Crippen molar-refractivity contribution >= 4 is 0 Å². The van der Waals surface area contributed by atoms with E-state index >= 15 is 0 Å². The van der Waals surface area contributed by atoms with Gasteiger partial charge in [0, 0.05) is 5.56 Å². The maximum absolute atomic E-state index is 9.52. The minimum Gasteiger partial charge on any atom is -0.508 e. The molecule has 0 bridgehead atoms. The van der Waals surface area contributed by atoms with Gasteiger partial charge in [-0.3, -0.25) is 7.05 Å². The minimum atomic E-state index is 0.404. The van der Waals surface area contributed by atoms with E-state index in [1.54, 1.807) is 6.07 Å². The molecule has 1 aromatic rings. The first-order valence-electron chi connectivity index (χ1n) is 4.12. The van der Waals surface area contributed by atoms with Gasteiger partial charge in [0.2, 0.25) is 0 Å². The van der Waals surface area contributed by atoms with Crippen molar-refractivity contribution in [1.29, 1.82) is 0 Å². The van der Waals surface area contributed by atoms with Crippen LogP contribution >= 0.6 is 0 Å². The molecule has 1 aliphatic heterocycles. The van der Waals surface area contributed by atoms with Gasteiger partial charge in [0.05, 0.1) is 0 Å². The predicted molar refractivity (Wildman–Crippen MR) is 47.6 cm³/mol. The topological polar surface area (TPSA) is 23.5 Å². The third kappa shape index (κ3) is 1.18. The number of fused-ring (bicyclic) bond motifs is 1. The highest BCUT2D eigenvalue weighted by molar-refractivity contribution is 5.40. The van der Waals surface area contributed by atoms with Gasteiger partial charge in [-0.15, -0.1) is 0 Å². The van der Waals surface area contributed by atoms with Crippen molar-refractivity contribution in [2.75, 3.05) is 6.54 Å². The van der Waals surface area contributed by atoms with Crippen LogP contribution in [0.3, 0.4) is 0 Å². The van der Waals surface area contributed by atoms with E-state index in [1.807, 2.05) is 11.0 Å². The van der Waals surface area contributed by atoms with Gasteiger partial charge in [-0.1, -0.05) is 12.1 Å². The lowest BCUT2D eigenvalue weighted by Gasteiger charge is -2.31. The van der Waals surface area contributed by atoms with Gasteiger partial charge >= 0.3 is 0 Å². The molecule has 64 valence electrons. The van der Waals surface area contributed by atoms with Crippen LogP contribution in [0.5, 0.6) is 5.75 Å². The van der Waals surface area contributed by atoms with Gasteiger partial charge in [-0.25, -0.2) is 0 Å². The van der Waals surface area contributed by atoms with E-state index in [-0.39, 0.29) is 0 Å². The van der Waals surface area contributed by atoms with E-state index in [0.717, 1.165) is 25.1 Å². The molecule has 1 N–H and O–H groups in total. The van der Waals surface area contributed by atoms with E-state index in [0.29, 0.717) is 5.75 Å². The van der Waals surface area contributed by atoms with Crippen molar-refractivity contribution in [2.45, 2.75) is 13.0 Å². The Morgan fingerprint density at radius 2 is 2.25 bits per heavy atom. The monoisotopic (exact) mass is 162 g/mol. The highest BCUT2D eigenvalue weighted by Crippen LogP contribution is 2.26. The van der Waals surface area contributed by atoms with E-state index < -0.39 is 0 Å². The smallest absolute Gasteiger partial charge is 0.120 e. The van der Waals surface area contributed by atoms with Gasteiger partial charge < -0.3 is 10.0 Å². The Labute approximate surface area is 72.4 Å². The molecule has 2 heteroatoms. The Kier molecular flexibility index (Phi) is 1.77. The Bertz CT molecular complexity index is 296. The molecular formula is C10H12NO-. The van der Waals surface area contributed by atoms with Gasteiger partial charge in [0.15, 0.2) is 0 Å². The van der Waals surface area contributed by atoms with Crippen LogP contribution in [0.1, 0.15) is 11.1 Å². The summed E-state index contributed by atoms with van der Waals surface area (Å²) in [7, 11) is 3.86. The summed E-state index contributed by atoms with van der Waals surface area (Å²) >= 11 is 0. The van der Waals surface area contributed by atoms with Crippen LogP contribution in [0.25, 0.3) is 0 Å². The molecule has 0 spiro atoms. The molecule has 12 heavy (non-hydrogen) atoms. The Hall–Kier alpha value is -1.02. The molecule has 2 rings (SSSR count). The van der Waals surface area contributed by atoms with Gasteiger partial charge in [-0.05, 0) is 31.1 Å². The maximum Gasteiger partial charge on any atom is 0.120 e. The molecule has 0 fully saturated rings. The highest BCUT2D eigenvalue weighted by atomic mass is 16.3. The molecular weight excluding hydrogens is 150 g/mol. The number of phenols is 1. The Morgan fingerprint density at radius 3 is 3.08 bits per heavy atom. The van der Waals surface area contributed by atoms with Crippen LogP contribution < -0.4 is 0 Å². The maximum atomic E-state index is 9.52. The lowest BCUT2D eigenvalue weighted by molar-refractivity contribution is 0.336. The molecule has 0 radical (unpaired) electrons. The predicted octanol–water partition coefficient (Wildman–Crippen LogP) is 1.54. The fraction of sp³-hybridized carbons (Fsp3) is 0.300. The SMILES string of the molecule is [CH2-]N1CCc2cccc(O)c2C1. The fourth-order valence-electron chi connectivity index (χ4n) is 1.62. The third-order valence-corrected chi connectivity index (χ3v) is 2.33. The highest BCUT2D eigenvalue weighted by Gasteiger charge is 2.12. The number of aromatic hydroxyl groups is 1. The molecule has 0 saturated heterocycles. The molecule has 1 aliphatic rings. The molecule has 1 heterocycles. The molecule has 1 aromatic carbocycles. The molecule has 0 amide bonds. The number of hydrogen-bond donors (Lipinski definition) is 1. The van der Waals surface area contributed by atoms with Crippen molar-refractivity contribution < 1.29 is 5.11 Å². The second-order valence-corrected chi connectivity index (χ2v) is 3.22. The minimum absolute atomic E-state index is 0.404.